The highest BCUT2D eigenvalue weighted by molar-refractivity contribution is 5.88. The summed E-state index contributed by atoms with van der Waals surface area (Å²) in [7, 11) is 0. The van der Waals surface area contributed by atoms with E-state index < -0.39 is 11.4 Å². The van der Waals surface area contributed by atoms with Crippen LogP contribution in [0.3, 0.4) is 0 Å². The molecule has 0 radical (unpaired) electrons. The van der Waals surface area contributed by atoms with Crippen molar-refractivity contribution in [1.29, 1.82) is 5.26 Å². The molecule has 0 bridgehead atoms. The second-order valence-electron chi connectivity index (χ2n) is 7.86. The van der Waals surface area contributed by atoms with E-state index >= 15 is 0 Å². The molecule has 150 valence electrons. The summed E-state index contributed by atoms with van der Waals surface area (Å²) < 4.78 is 13.7. The molecular formula is C23H25FN4O. The summed E-state index contributed by atoms with van der Waals surface area (Å²) in [4.78, 5) is 15.7. The molecule has 2 aliphatic rings. The summed E-state index contributed by atoms with van der Waals surface area (Å²) in [6.45, 7) is 3.86. The van der Waals surface area contributed by atoms with Gasteiger partial charge >= 0.3 is 0 Å². The number of halogens is 1. The summed E-state index contributed by atoms with van der Waals surface area (Å²) in [6, 6.07) is 14.6. The number of hydrogen-bond donors (Lipinski definition) is 2. The van der Waals surface area contributed by atoms with Crippen molar-refractivity contribution in [3.05, 3.63) is 70.5 Å². The number of hydrogen-bond acceptors (Lipinski definition) is 4. The lowest BCUT2D eigenvalue weighted by molar-refractivity contribution is -0.133. The topological polar surface area (TPSA) is 68.2 Å². The largest absolute Gasteiger partial charge is 0.354 e. The van der Waals surface area contributed by atoms with E-state index in [9.17, 15) is 9.18 Å². The monoisotopic (exact) mass is 392 g/mol. The third kappa shape index (κ3) is 4.02. The van der Waals surface area contributed by atoms with Gasteiger partial charge in [0.1, 0.15) is 11.4 Å². The van der Waals surface area contributed by atoms with Crippen LogP contribution in [0.25, 0.3) is 0 Å². The van der Waals surface area contributed by atoms with Crippen LogP contribution in [0.15, 0.2) is 42.5 Å². The van der Waals surface area contributed by atoms with Crippen LogP contribution in [0, 0.1) is 17.1 Å². The molecule has 4 rings (SSSR count). The Morgan fingerprint density at radius 3 is 2.52 bits per heavy atom. The lowest BCUT2D eigenvalue weighted by Gasteiger charge is -2.42. The number of nitriles is 1. The highest BCUT2D eigenvalue weighted by Gasteiger charge is 2.48. The second-order valence-corrected chi connectivity index (χ2v) is 7.86. The molecule has 5 nitrogen and oxygen atoms in total. The van der Waals surface area contributed by atoms with Crippen LogP contribution in [0.1, 0.15) is 22.3 Å². The van der Waals surface area contributed by atoms with Gasteiger partial charge in [-0.25, -0.2) is 4.39 Å². The van der Waals surface area contributed by atoms with E-state index in [-0.39, 0.29) is 5.91 Å². The number of piperazine rings is 1. The van der Waals surface area contributed by atoms with Crippen LogP contribution in [0.5, 0.6) is 0 Å². The van der Waals surface area contributed by atoms with Crippen molar-refractivity contribution in [2.45, 2.75) is 24.8 Å². The molecule has 0 atom stereocenters. The lowest BCUT2D eigenvalue weighted by Crippen LogP contribution is -2.64. The van der Waals surface area contributed by atoms with Crippen molar-refractivity contribution in [3.63, 3.8) is 0 Å². The SMILES string of the molecule is N#Cc1cc(F)cc(CCNC(=O)C2(N3CCNCC3)Cc3ccccc3C2)c1. The molecule has 1 heterocycles. The molecule has 1 fully saturated rings. The number of rotatable bonds is 5. The Morgan fingerprint density at radius 1 is 1.17 bits per heavy atom. The summed E-state index contributed by atoms with van der Waals surface area (Å²) in [5, 5.41) is 15.5. The zero-order valence-corrected chi connectivity index (χ0v) is 16.4. The van der Waals surface area contributed by atoms with Crippen LogP contribution >= 0.6 is 0 Å². The van der Waals surface area contributed by atoms with E-state index in [4.69, 9.17) is 5.26 Å². The number of carbonyl (C=O) groups is 1. The average molecular weight is 392 g/mol. The van der Waals surface area contributed by atoms with Crippen molar-refractivity contribution in [2.75, 3.05) is 32.7 Å². The van der Waals surface area contributed by atoms with E-state index in [0.29, 0.717) is 36.9 Å². The number of nitrogens with zero attached hydrogens (tertiary/aromatic N) is 2. The Balaban J connectivity index is 1.48. The molecule has 0 unspecified atom stereocenters. The van der Waals surface area contributed by atoms with Crippen molar-refractivity contribution < 1.29 is 9.18 Å². The molecular weight excluding hydrogens is 367 g/mol. The Morgan fingerprint density at radius 2 is 1.86 bits per heavy atom. The fourth-order valence-electron chi connectivity index (χ4n) is 4.56. The first-order valence-corrected chi connectivity index (χ1v) is 10.1. The fraction of sp³-hybridized carbons (Fsp3) is 0.391. The van der Waals surface area contributed by atoms with Crippen molar-refractivity contribution in [2.24, 2.45) is 0 Å². The van der Waals surface area contributed by atoms with E-state index in [2.05, 4.69) is 27.7 Å². The molecule has 1 aliphatic heterocycles. The number of amides is 1. The average Bonchev–Trinajstić information content (AvgIpc) is 3.15. The molecule has 0 aromatic heterocycles. The molecule has 2 aromatic carbocycles. The highest BCUT2D eigenvalue weighted by atomic mass is 19.1. The molecule has 1 amide bonds. The van der Waals surface area contributed by atoms with Gasteiger partial charge in [0.05, 0.1) is 11.6 Å². The summed E-state index contributed by atoms with van der Waals surface area (Å²) in [5.74, 6) is -0.388. The normalized spacial score (nSPS) is 18.1. The van der Waals surface area contributed by atoms with Gasteiger partial charge in [-0.05, 0) is 41.3 Å². The minimum Gasteiger partial charge on any atom is -0.354 e. The van der Waals surface area contributed by atoms with Crippen LogP contribution in [0.2, 0.25) is 0 Å². The zero-order valence-electron chi connectivity index (χ0n) is 16.4. The van der Waals surface area contributed by atoms with Crippen molar-refractivity contribution in [1.82, 2.24) is 15.5 Å². The molecule has 6 heteroatoms. The first kappa shape index (κ1) is 19.6. The van der Waals surface area contributed by atoms with E-state index in [0.717, 1.165) is 26.2 Å². The Kier molecular flexibility index (Phi) is 5.61. The number of benzene rings is 2. The standard InChI is InChI=1S/C23H25FN4O/c24-21-12-17(11-18(13-21)16-25)5-6-27-22(29)23(28-9-7-26-8-10-28)14-19-3-1-2-4-20(19)15-23/h1-4,11-13,26H,5-10,14-15H2,(H,27,29). The fourth-order valence-corrected chi connectivity index (χ4v) is 4.56. The molecule has 0 saturated carbocycles. The maximum atomic E-state index is 13.7. The third-order valence-electron chi connectivity index (χ3n) is 6.02. The Bertz CT molecular complexity index is 921. The molecule has 2 aromatic rings. The smallest absolute Gasteiger partial charge is 0.241 e. The number of carbonyl (C=O) groups excluding carboxylic acids is 1. The van der Waals surface area contributed by atoms with Gasteiger partial charge in [0.2, 0.25) is 5.91 Å². The summed E-state index contributed by atoms with van der Waals surface area (Å²) >= 11 is 0. The predicted octanol–water partition coefficient (Wildman–Crippen LogP) is 1.80. The second kappa shape index (κ2) is 8.32. The molecule has 29 heavy (non-hydrogen) atoms. The molecule has 1 saturated heterocycles. The van der Waals surface area contributed by atoms with Gasteiger partial charge in [0.25, 0.3) is 0 Å². The van der Waals surface area contributed by atoms with Crippen LogP contribution < -0.4 is 10.6 Å². The van der Waals surface area contributed by atoms with Gasteiger partial charge in [0, 0.05) is 45.6 Å². The quantitative estimate of drug-likeness (QED) is 0.814. The van der Waals surface area contributed by atoms with Gasteiger partial charge in [-0.15, -0.1) is 0 Å². The van der Waals surface area contributed by atoms with Crippen LogP contribution in [0.4, 0.5) is 4.39 Å². The van der Waals surface area contributed by atoms with E-state index in [1.165, 1.54) is 23.3 Å². The maximum absolute atomic E-state index is 13.7. The third-order valence-corrected chi connectivity index (χ3v) is 6.02. The first-order valence-electron chi connectivity index (χ1n) is 10.1. The summed E-state index contributed by atoms with van der Waals surface area (Å²) in [6.07, 6.45) is 1.92. The predicted molar refractivity (Wildman–Crippen MR) is 109 cm³/mol. The minimum atomic E-state index is -0.564. The van der Waals surface area contributed by atoms with Gasteiger partial charge < -0.3 is 10.6 Å². The number of fused-ring (bicyclic) bond motifs is 1. The van der Waals surface area contributed by atoms with Crippen molar-refractivity contribution in [3.8, 4) is 6.07 Å². The van der Waals surface area contributed by atoms with Gasteiger partial charge in [-0.1, -0.05) is 24.3 Å². The molecule has 1 aliphatic carbocycles. The minimum absolute atomic E-state index is 0.0347. The zero-order chi connectivity index (χ0) is 20.3. The maximum Gasteiger partial charge on any atom is 0.241 e. The molecule has 0 spiro atoms. The van der Waals surface area contributed by atoms with Crippen LogP contribution in [-0.4, -0.2) is 49.1 Å². The first-order chi connectivity index (χ1) is 14.1. The molecule has 2 N–H and O–H groups in total. The van der Waals surface area contributed by atoms with Gasteiger partial charge in [-0.2, -0.15) is 5.26 Å². The van der Waals surface area contributed by atoms with Gasteiger partial charge in [-0.3, -0.25) is 9.69 Å². The lowest BCUT2D eigenvalue weighted by atomic mass is 9.91. The van der Waals surface area contributed by atoms with Crippen molar-refractivity contribution >= 4 is 5.91 Å². The summed E-state index contributed by atoms with van der Waals surface area (Å²) in [5.41, 5.74) is 2.93. The van der Waals surface area contributed by atoms with Gasteiger partial charge in [0.15, 0.2) is 0 Å². The van der Waals surface area contributed by atoms with E-state index in [1.807, 2.05) is 18.2 Å². The Hall–Kier alpha value is -2.75. The highest BCUT2D eigenvalue weighted by Crippen LogP contribution is 2.35. The van der Waals surface area contributed by atoms with E-state index in [1.54, 1.807) is 6.07 Å². The Labute approximate surface area is 170 Å². The number of nitrogens with one attached hydrogen (secondary N) is 2. The van der Waals surface area contributed by atoms with Crippen LogP contribution in [-0.2, 0) is 24.1 Å².